The van der Waals surface area contributed by atoms with E-state index in [9.17, 15) is 13.2 Å². The number of hydrogen-bond donors (Lipinski definition) is 1. The SMILES string of the molecule is CS(=O)(=O)N(Cc1cccc(Cl)c1Cl)c1ccc(C(=O)NCCCN2CCOCC2)cc1. The molecular weight excluding hydrogens is 473 g/mol. The van der Waals surface area contributed by atoms with Crippen molar-refractivity contribution in [1.29, 1.82) is 0 Å². The number of halogens is 2. The predicted octanol–water partition coefficient (Wildman–Crippen LogP) is 3.41. The van der Waals surface area contributed by atoms with Gasteiger partial charge in [0.15, 0.2) is 0 Å². The summed E-state index contributed by atoms with van der Waals surface area (Å²) in [5, 5.41) is 3.59. The number of carbonyl (C=O) groups is 1. The zero-order chi connectivity index (χ0) is 23.1. The number of carbonyl (C=O) groups excluding carboxylic acids is 1. The van der Waals surface area contributed by atoms with Gasteiger partial charge < -0.3 is 10.1 Å². The van der Waals surface area contributed by atoms with Crippen LogP contribution in [-0.2, 0) is 21.3 Å². The Bertz CT molecular complexity index is 1030. The van der Waals surface area contributed by atoms with Crippen LogP contribution < -0.4 is 9.62 Å². The summed E-state index contributed by atoms with van der Waals surface area (Å²) in [6, 6.07) is 11.5. The number of anilines is 1. The molecule has 0 saturated carbocycles. The van der Waals surface area contributed by atoms with Gasteiger partial charge in [0, 0.05) is 25.2 Å². The van der Waals surface area contributed by atoms with Crippen molar-refractivity contribution in [3.63, 3.8) is 0 Å². The van der Waals surface area contributed by atoms with E-state index in [0.717, 1.165) is 45.5 Å². The van der Waals surface area contributed by atoms with Crippen molar-refractivity contribution >= 4 is 44.8 Å². The van der Waals surface area contributed by atoms with Crippen LogP contribution >= 0.6 is 23.2 Å². The van der Waals surface area contributed by atoms with Gasteiger partial charge in [-0.2, -0.15) is 0 Å². The van der Waals surface area contributed by atoms with Crippen molar-refractivity contribution < 1.29 is 17.9 Å². The average Bonchev–Trinajstić information content (AvgIpc) is 2.77. The lowest BCUT2D eigenvalue weighted by molar-refractivity contribution is 0.0374. The van der Waals surface area contributed by atoms with Crippen LogP contribution in [0.3, 0.4) is 0 Å². The fraction of sp³-hybridized carbons (Fsp3) is 0.409. The van der Waals surface area contributed by atoms with Crippen LogP contribution in [0.25, 0.3) is 0 Å². The molecule has 3 rings (SSSR count). The summed E-state index contributed by atoms with van der Waals surface area (Å²) in [7, 11) is -3.59. The van der Waals surface area contributed by atoms with Crippen molar-refractivity contribution in [3.8, 4) is 0 Å². The second-order valence-corrected chi connectivity index (χ2v) is 10.3. The van der Waals surface area contributed by atoms with E-state index in [1.165, 1.54) is 4.31 Å². The molecule has 0 spiro atoms. The van der Waals surface area contributed by atoms with Gasteiger partial charge in [-0.3, -0.25) is 14.0 Å². The molecule has 1 fully saturated rings. The second-order valence-electron chi connectivity index (χ2n) is 7.59. The van der Waals surface area contributed by atoms with Crippen molar-refractivity contribution in [1.82, 2.24) is 10.2 Å². The van der Waals surface area contributed by atoms with E-state index < -0.39 is 10.0 Å². The molecule has 32 heavy (non-hydrogen) atoms. The third kappa shape index (κ3) is 6.83. The molecule has 10 heteroatoms. The zero-order valence-corrected chi connectivity index (χ0v) is 20.2. The minimum atomic E-state index is -3.59. The molecule has 7 nitrogen and oxygen atoms in total. The summed E-state index contributed by atoms with van der Waals surface area (Å²) in [6.07, 6.45) is 1.98. The molecule has 0 bridgehead atoms. The third-order valence-corrected chi connectivity index (χ3v) is 7.20. The summed E-state index contributed by atoms with van der Waals surface area (Å²) in [5.41, 5.74) is 1.49. The van der Waals surface area contributed by atoms with E-state index in [4.69, 9.17) is 27.9 Å². The summed E-state index contributed by atoms with van der Waals surface area (Å²) in [5.74, 6) is -0.192. The molecule has 0 aromatic heterocycles. The molecule has 1 aliphatic rings. The number of nitrogens with zero attached hydrogens (tertiary/aromatic N) is 2. The molecule has 0 unspecified atom stereocenters. The van der Waals surface area contributed by atoms with Crippen LogP contribution in [0, 0.1) is 0 Å². The molecule has 1 saturated heterocycles. The fourth-order valence-corrected chi connectivity index (χ4v) is 4.69. The van der Waals surface area contributed by atoms with E-state index in [1.54, 1.807) is 42.5 Å². The highest BCUT2D eigenvalue weighted by Gasteiger charge is 2.20. The van der Waals surface area contributed by atoms with E-state index in [2.05, 4.69) is 10.2 Å². The largest absolute Gasteiger partial charge is 0.379 e. The quantitative estimate of drug-likeness (QED) is 0.534. The summed E-state index contributed by atoms with van der Waals surface area (Å²) < 4.78 is 31.4. The predicted molar refractivity (Wildman–Crippen MR) is 128 cm³/mol. The Balaban J connectivity index is 1.61. The highest BCUT2D eigenvalue weighted by molar-refractivity contribution is 7.92. The molecular formula is C22H27Cl2N3O4S. The summed E-state index contributed by atoms with van der Waals surface area (Å²) >= 11 is 12.3. The van der Waals surface area contributed by atoms with E-state index in [0.29, 0.717) is 33.4 Å². The molecule has 0 atom stereocenters. The molecule has 2 aromatic carbocycles. The zero-order valence-electron chi connectivity index (χ0n) is 17.9. The van der Waals surface area contributed by atoms with Gasteiger partial charge in [0.1, 0.15) is 0 Å². The highest BCUT2D eigenvalue weighted by atomic mass is 35.5. The monoisotopic (exact) mass is 499 g/mol. The smallest absolute Gasteiger partial charge is 0.251 e. The lowest BCUT2D eigenvalue weighted by Crippen LogP contribution is -2.38. The van der Waals surface area contributed by atoms with Crippen LogP contribution in [0.5, 0.6) is 0 Å². The van der Waals surface area contributed by atoms with Gasteiger partial charge in [-0.25, -0.2) is 8.42 Å². The standard InChI is InChI=1S/C22H27Cl2N3O4S/c1-32(29,30)27(16-18-4-2-5-20(23)21(18)24)19-8-6-17(7-9-19)22(28)25-10-3-11-26-12-14-31-15-13-26/h2,4-9H,3,10-16H2,1H3,(H,25,28). The first-order valence-electron chi connectivity index (χ1n) is 10.3. The van der Waals surface area contributed by atoms with Crippen LogP contribution in [-0.4, -0.2) is 64.9 Å². The molecule has 2 aromatic rings. The first kappa shape index (κ1) is 24.8. The minimum absolute atomic E-state index is 0.0330. The molecule has 174 valence electrons. The topological polar surface area (TPSA) is 79.0 Å². The normalized spacial score (nSPS) is 14.8. The van der Waals surface area contributed by atoms with Crippen molar-refractivity contribution in [2.24, 2.45) is 0 Å². The number of amides is 1. The molecule has 1 amide bonds. The first-order valence-corrected chi connectivity index (χ1v) is 12.9. The van der Waals surface area contributed by atoms with Gasteiger partial charge in [-0.15, -0.1) is 0 Å². The van der Waals surface area contributed by atoms with Crippen molar-refractivity contribution in [2.75, 3.05) is 50.0 Å². The third-order valence-electron chi connectivity index (χ3n) is 5.20. The van der Waals surface area contributed by atoms with Crippen LogP contribution in [0.1, 0.15) is 22.3 Å². The number of nitrogens with one attached hydrogen (secondary N) is 1. The minimum Gasteiger partial charge on any atom is -0.379 e. The average molecular weight is 500 g/mol. The van der Waals surface area contributed by atoms with Gasteiger partial charge in [-0.05, 0) is 48.9 Å². The van der Waals surface area contributed by atoms with Crippen LogP contribution in [0.4, 0.5) is 5.69 Å². The lowest BCUT2D eigenvalue weighted by Gasteiger charge is -2.26. The molecule has 1 N–H and O–H groups in total. The van der Waals surface area contributed by atoms with Crippen molar-refractivity contribution in [2.45, 2.75) is 13.0 Å². The van der Waals surface area contributed by atoms with Gasteiger partial charge in [0.2, 0.25) is 10.0 Å². The number of hydrogen-bond acceptors (Lipinski definition) is 5. The Morgan fingerprint density at radius 2 is 1.81 bits per heavy atom. The Kier molecular flexibility index (Phi) is 8.79. The fourth-order valence-electron chi connectivity index (χ4n) is 3.44. The first-order chi connectivity index (χ1) is 15.3. The number of benzene rings is 2. The molecule has 0 radical (unpaired) electrons. The van der Waals surface area contributed by atoms with Crippen molar-refractivity contribution in [3.05, 3.63) is 63.6 Å². The maximum Gasteiger partial charge on any atom is 0.251 e. The van der Waals surface area contributed by atoms with E-state index in [-0.39, 0.29) is 12.5 Å². The number of sulfonamides is 1. The molecule has 1 heterocycles. The number of rotatable bonds is 9. The maximum atomic E-state index is 12.4. The van der Waals surface area contributed by atoms with Crippen LogP contribution in [0.2, 0.25) is 10.0 Å². The number of ether oxygens (including phenoxy) is 1. The van der Waals surface area contributed by atoms with Gasteiger partial charge >= 0.3 is 0 Å². The summed E-state index contributed by atoms with van der Waals surface area (Å²) in [6.45, 7) is 4.88. The molecule has 1 aliphatic heterocycles. The van der Waals surface area contributed by atoms with Gasteiger partial charge in [0.25, 0.3) is 5.91 Å². The Hall–Kier alpha value is -1.84. The van der Waals surface area contributed by atoms with E-state index >= 15 is 0 Å². The van der Waals surface area contributed by atoms with E-state index in [1.807, 2.05) is 0 Å². The Morgan fingerprint density at radius 3 is 2.47 bits per heavy atom. The second kappa shape index (κ2) is 11.3. The lowest BCUT2D eigenvalue weighted by atomic mass is 10.1. The Morgan fingerprint density at radius 1 is 1.12 bits per heavy atom. The molecule has 0 aliphatic carbocycles. The Labute approximate surface area is 199 Å². The maximum absolute atomic E-state index is 12.4. The van der Waals surface area contributed by atoms with Crippen LogP contribution in [0.15, 0.2) is 42.5 Å². The number of morpholine rings is 1. The highest BCUT2D eigenvalue weighted by Crippen LogP contribution is 2.29. The van der Waals surface area contributed by atoms with Gasteiger partial charge in [0.05, 0.1) is 41.7 Å². The summed E-state index contributed by atoms with van der Waals surface area (Å²) in [4.78, 5) is 14.8. The van der Waals surface area contributed by atoms with Gasteiger partial charge in [-0.1, -0.05) is 35.3 Å².